The summed E-state index contributed by atoms with van der Waals surface area (Å²) in [6.07, 6.45) is 0.785. The standard InChI is InChI=1S/C24H26N2O5S/c1-3-30-20-11-13-22(14-12-20)31-21-9-7-19(8-10-21)26-24(27)17-6-18-4-15-23(16-5-18)32(28,29)25-2/h4-5,7-16,25H,3,6,17H2,1-2H3,(H,26,27). The van der Waals surface area contributed by atoms with Crippen LogP contribution in [0.4, 0.5) is 5.69 Å². The van der Waals surface area contributed by atoms with E-state index in [-0.39, 0.29) is 17.2 Å². The molecule has 0 saturated carbocycles. The van der Waals surface area contributed by atoms with Crippen molar-refractivity contribution in [1.29, 1.82) is 0 Å². The molecule has 0 aliphatic heterocycles. The summed E-state index contributed by atoms with van der Waals surface area (Å²) in [4.78, 5) is 12.5. The summed E-state index contributed by atoms with van der Waals surface area (Å²) in [7, 11) is -2.09. The van der Waals surface area contributed by atoms with E-state index in [0.29, 0.717) is 30.2 Å². The second-order valence-electron chi connectivity index (χ2n) is 6.93. The Morgan fingerprint density at radius 3 is 1.97 bits per heavy atom. The second-order valence-corrected chi connectivity index (χ2v) is 8.82. The molecule has 3 rings (SSSR count). The van der Waals surface area contributed by atoms with Crippen molar-refractivity contribution in [2.24, 2.45) is 0 Å². The zero-order valence-corrected chi connectivity index (χ0v) is 18.8. The van der Waals surface area contributed by atoms with Crippen molar-refractivity contribution in [1.82, 2.24) is 4.72 Å². The number of ether oxygens (including phenoxy) is 2. The van der Waals surface area contributed by atoms with Gasteiger partial charge in [-0.15, -0.1) is 0 Å². The molecule has 1 amide bonds. The number of hydrogen-bond acceptors (Lipinski definition) is 5. The van der Waals surface area contributed by atoms with E-state index in [4.69, 9.17) is 9.47 Å². The van der Waals surface area contributed by atoms with E-state index in [9.17, 15) is 13.2 Å². The Balaban J connectivity index is 1.49. The summed E-state index contributed by atoms with van der Waals surface area (Å²) in [5, 5.41) is 2.85. The quantitative estimate of drug-likeness (QED) is 0.475. The predicted octanol–water partition coefficient (Wildman–Crippen LogP) is 4.36. The van der Waals surface area contributed by atoms with Crippen molar-refractivity contribution >= 4 is 21.6 Å². The van der Waals surface area contributed by atoms with E-state index >= 15 is 0 Å². The minimum atomic E-state index is -3.46. The van der Waals surface area contributed by atoms with Crippen molar-refractivity contribution in [2.45, 2.75) is 24.7 Å². The number of nitrogens with one attached hydrogen (secondary N) is 2. The summed E-state index contributed by atoms with van der Waals surface area (Å²) < 4.78 is 37.0. The number of rotatable bonds is 10. The van der Waals surface area contributed by atoms with Gasteiger partial charge >= 0.3 is 0 Å². The molecule has 0 atom stereocenters. The van der Waals surface area contributed by atoms with Crippen LogP contribution < -0.4 is 19.5 Å². The molecule has 0 bridgehead atoms. The van der Waals surface area contributed by atoms with Crippen LogP contribution in [0.5, 0.6) is 17.2 Å². The Morgan fingerprint density at radius 2 is 1.41 bits per heavy atom. The summed E-state index contributed by atoms with van der Waals surface area (Å²) in [5.41, 5.74) is 1.55. The molecular weight excluding hydrogens is 428 g/mol. The van der Waals surface area contributed by atoms with Crippen molar-refractivity contribution in [2.75, 3.05) is 19.0 Å². The highest BCUT2D eigenvalue weighted by Gasteiger charge is 2.11. The highest BCUT2D eigenvalue weighted by Crippen LogP contribution is 2.25. The van der Waals surface area contributed by atoms with Gasteiger partial charge in [0.05, 0.1) is 11.5 Å². The second kappa shape index (κ2) is 10.8. The summed E-state index contributed by atoms with van der Waals surface area (Å²) in [6, 6.07) is 21.0. The van der Waals surface area contributed by atoms with Crippen LogP contribution in [0.25, 0.3) is 0 Å². The topological polar surface area (TPSA) is 93.7 Å². The fourth-order valence-electron chi connectivity index (χ4n) is 2.95. The van der Waals surface area contributed by atoms with Crippen LogP contribution in [0, 0.1) is 0 Å². The lowest BCUT2D eigenvalue weighted by atomic mass is 10.1. The molecule has 0 aliphatic rings. The third kappa shape index (κ3) is 6.57. The van der Waals surface area contributed by atoms with Gasteiger partial charge in [0.2, 0.25) is 15.9 Å². The SMILES string of the molecule is CCOc1ccc(Oc2ccc(NC(=O)CCc3ccc(S(=O)(=O)NC)cc3)cc2)cc1. The fourth-order valence-corrected chi connectivity index (χ4v) is 3.68. The van der Waals surface area contributed by atoms with E-state index in [1.165, 1.54) is 19.2 Å². The number of carbonyl (C=O) groups excluding carboxylic acids is 1. The third-order valence-corrected chi connectivity index (χ3v) is 6.08. The maximum absolute atomic E-state index is 12.3. The number of aryl methyl sites for hydroxylation is 1. The molecule has 0 heterocycles. The first-order valence-corrected chi connectivity index (χ1v) is 11.7. The first-order valence-electron chi connectivity index (χ1n) is 10.2. The fraction of sp³-hybridized carbons (Fsp3) is 0.208. The minimum Gasteiger partial charge on any atom is -0.494 e. The molecule has 0 aliphatic carbocycles. The number of anilines is 1. The van der Waals surface area contributed by atoms with E-state index < -0.39 is 10.0 Å². The first-order chi connectivity index (χ1) is 15.4. The molecule has 168 valence electrons. The molecule has 0 fully saturated rings. The largest absolute Gasteiger partial charge is 0.494 e. The van der Waals surface area contributed by atoms with Crippen molar-refractivity contribution in [3.63, 3.8) is 0 Å². The van der Waals surface area contributed by atoms with Gasteiger partial charge in [0.15, 0.2) is 0 Å². The lowest BCUT2D eigenvalue weighted by Gasteiger charge is -2.09. The molecule has 2 N–H and O–H groups in total. The van der Waals surface area contributed by atoms with Crippen molar-refractivity contribution in [3.8, 4) is 17.2 Å². The average molecular weight is 455 g/mol. The maximum atomic E-state index is 12.3. The van der Waals surface area contributed by atoms with E-state index in [1.54, 1.807) is 36.4 Å². The Hall–Kier alpha value is -3.36. The third-order valence-electron chi connectivity index (χ3n) is 4.65. The van der Waals surface area contributed by atoms with Gasteiger partial charge in [-0.2, -0.15) is 0 Å². The van der Waals surface area contributed by atoms with Gasteiger partial charge < -0.3 is 14.8 Å². The number of sulfonamides is 1. The van der Waals surface area contributed by atoms with Gasteiger partial charge in [0.25, 0.3) is 0 Å². The monoisotopic (exact) mass is 454 g/mol. The predicted molar refractivity (Wildman–Crippen MR) is 124 cm³/mol. The van der Waals surface area contributed by atoms with Gasteiger partial charge in [-0.05, 0) is 86.6 Å². The number of hydrogen-bond donors (Lipinski definition) is 2. The number of carbonyl (C=O) groups is 1. The van der Waals surface area contributed by atoms with Crippen LogP contribution in [-0.4, -0.2) is 28.0 Å². The van der Waals surface area contributed by atoms with Gasteiger partial charge in [0, 0.05) is 12.1 Å². The normalized spacial score (nSPS) is 11.1. The van der Waals surface area contributed by atoms with Crippen molar-refractivity contribution in [3.05, 3.63) is 78.4 Å². The molecule has 0 spiro atoms. The van der Waals surface area contributed by atoms with Crippen LogP contribution in [0.2, 0.25) is 0 Å². The highest BCUT2D eigenvalue weighted by atomic mass is 32.2. The highest BCUT2D eigenvalue weighted by molar-refractivity contribution is 7.89. The van der Waals surface area contributed by atoms with Gasteiger partial charge in [-0.3, -0.25) is 4.79 Å². The van der Waals surface area contributed by atoms with E-state index in [0.717, 1.165) is 11.3 Å². The molecule has 8 heteroatoms. The van der Waals surface area contributed by atoms with E-state index in [2.05, 4.69) is 10.0 Å². The Bertz CT molecular complexity index is 1130. The Morgan fingerprint density at radius 1 is 0.844 bits per heavy atom. The average Bonchev–Trinajstić information content (AvgIpc) is 2.81. The molecule has 7 nitrogen and oxygen atoms in total. The Labute approximate surface area is 188 Å². The molecule has 0 unspecified atom stereocenters. The molecule has 3 aromatic carbocycles. The molecule has 0 saturated heterocycles. The zero-order chi connectivity index (χ0) is 23.0. The van der Waals surface area contributed by atoms with Crippen LogP contribution >= 0.6 is 0 Å². The Kier molecular flexibility index (Phi) is 7.86. The maximum Gasteiger partial charge on any atom is 0.240 e. The molecule has 3 aromatic rings. The molecular formula is C24H26N2O5S. The van der Waals surface area contributed by atoms with Crippen LogP contribution in [0.1, 0.15) is 18.9 Å². The lowest BCUT2D eigenvalue weighted by molar-refractivity contribution is -0.116. The number of amides is 1. The summed E-state index contributed by atoms with van der Waals surface area (Å²) in [6.45, 7) is 2.54. The molecule has 0 radical (unpaired) electrons. The summed E-state index contributed by atoms with van der Waals surface area (Å²) in [5.74, 6) is 2.01. The van der Waals surface area contributed by atoms with E-state index in [1.807, 2.05) is 31.2 Å². The molecule has 0 aromatic heterocycles. The van der Waals surface area contributed by atoms with Gasteiger partial charge in [-0.1, -0.05) is 12.1 Å². The van der Waals surface area contributed by atoms with Gasteiger partial charge in [0.1, 0.15) is 17.2 Å². The first kappa shape index (κ1) is 23.3. The van der Waals surface area contributed by atoms with Crippen LogP contribution in [0.15, 0.2) is 77.7 Å². The molecule has 32 heavy (non-hydrogen) atoms. The summed E-state index contributed by atoms with van der Waals surface area (Å²) >= 11 is 0. The zero-order valence-electron chi connectivity index (χ0n) is 18.0. The number of benzene rings is 3. The minimum absolute atomic E-state index is 0.128. The van der Waals surface area contributed by atoms with Crippen LogP contribution in [-0.2, 0) is 21.2 Å². The smallest absolute Gasteiger partial charge is 0.240 e. The van der Waals surface area contributed by atoms with Gasteiger partial charge in [-0.25, -0.2) is 13.1 Å². The lowest BCUT2D eigenvalue weighted by Crippen LogP contribution is -2.18. The van der Waals surface area contributed by atoms with Crippen LogP contribution in [0.3, 0.4) is 0 Å². The van der Waals surface area contributed by atoms with Crippen molar-refractivity contribution < 1.29 is 22.7 Å².